The van der Waals surface area contributed by atoms with E-state index < -0.39 is 11.7 Å². The summed E-state index contributed by atoms with van der Waals surface area (Å²) in [5.41, 5.74) is 1.97. The van der Waals surface area contributed by atoms with Gasteiger partial charge in [-0.15, -0.1) is 0 Å². The van der Waals surface area contributed by atoms with Crippen molar-refractivity contribution >= 4 is 22.9 Å². The first-order valence-electron chi connectivity index (χ1n) is 12.1. The molecule has 0 spiro atoms. The van der Waals surface area contributed by atoms with Crippen molar-refractivity contribution < 1.29 is 14.3 Å². The summed E-state index contributed by atoms with van der Waals surface area (Å²) in [5, 5.41) is 8.18. The van der Waals surface area contributed by atoms with Crippen molar-refractivity contribution in [3.8, 4) is 23.4 Å². The van der Waals surface area contributed by atoms with Gasteiger partial charge in [0, 0.05) is 36.5 Å². The van der Waals surface area contributed by atoms with Crippen LogP contribution >= 0.6 is 0 Å². The van der Waals surface area contributed by atoms with Crippen LogP contribution in [-0.2, 0) is 9.47 Å². The van der Waals surface area contributed by atoms with Crippen LogP contribution < -0.4 is 5.32 Å². The lowest BCUT2D eigenvalue weighted by atomic mass is 10.1. The first-order chi connectivity index (χ1) is 17.8. The largest absolute Gasteiger partial charge is 0.442 e. The standard InChI is InChI=1S/C27H27N7O3/c1-27(2,3)37-26(35)34-23-9-7-18(15-19(23)16-31-34)6-8-20-10-12-28-24(32-20)22-11-13-29-25(33-22)30-17-21-5-4-14-36-21/h7,9-13,15-16,21H,4-5,14,17H2,1-3H3,(H,29,30,33)/t21-/m1/s1. The number of anilines is 1. The number of nitrogens with zero attached hydrogens (tertiary/aromatic N) is 6. The number of hydrogen-bond donors (Lipinski definition) is 1. The van der Waals surface area contributed by atoms with Crippen molar-refractivity contribution in [3.63, 3.8) is 0 Å². The van der Waals surface area contributed by atoms with Gasteiger partial charge in [0.25, 0.3) is 0 Å². The summed E-state index contributed by atoms with van der Waals surface area (Å²) in [6, 6.07) is 9.01. The Morgan fingerprint density at radius 1 is 1.16 bits per heavy atom. The molecule has 10 heteroatoms. The lowest BCUT2D eigenvalue weighted by molar-refractivity contribution is 0.0522. The van der Waals surface area contributed by atoms with Crippen LogP contribution in [0.25, 0.3) is 22.4 Å². The normalized spacial score (nSPS) is 15.3. The minimum absolute atomic E-state index is 0.188. The Balaban J connectivity index is 1.31. The third kappa shape index (κ3) is 6.08. The molecule has 0 aliphatic carbocycles. The molecule has 4 aromatic rings. The minimum Gasteiger partial charge on any atom is -0.442 e. The molecule has 0 saturated carbocycles. The monoisotopic (exact) mass is 497 g/mol. The lowest BCUT2D eigenvalue weighted by Crippen LogP contribution is -2.27. The Morgan fingerprint density at radius 3 is 2.84 bits per heavy atom. The summed E-state index contributed by atoms with van der Waals surface area (Å²) in [7, 11) is 0. The highest BCUT2D eigenvalue weighted by Gasteiger charge is 2.20. The fourth-order valence-electron chi connectivity index (χ4n) is 3.83. The van der Waals surface area contributed by atoms with Gasteiger partial charge >= 0.3 is 6.09 Å². The van der Waals surface area contributed by atoms with Gasteiger partial charge in [0.2, 0.25) is 5.95 Å². The van der Waals surface area contributed by atoms with Crippen LogP contribution in [0.2, 0.25) is 0 Å². The molecule has 1 aliphatic rings. The summed E-state index contributed by atoms with van der Waals surface area (Å²) in [5.74, 6) is 7.17. The number of carbonyl (C=O) groups excluding carboxylic acids is 1. The van der Waals surface area contributed by atoms with E-state index >= 15 is 0 Å². The van der Waals surface area contributed by atoms with Crippen LogP contribution in [0.15, 0.2) is 48.9 Å². The predicted molar refractivity (Wildman–Crippen MR) is 138 cm³/mol. The lowest BCUT2D eigenvalue weighted by Gasteiger charge is -2.19. The maximum Gasteiger partial charge on any atom is 0.435 e. The number of aromatic nitrogens is 6. The van der Waals surface area contributed by atoms with Gasteiger partial charge in [0.1, 0.15) is 17.0 Å². The zero-order valence-corrected chi connectivity index (χ0v) is 20.9. The van der Waals surface area contributed by atoms with Crippen molar-refractivity contribution in [1.82, 2.24) is 29.7 Å². The third-order valence-electron chi connectivity index (χ3n) is 5.52. The number of rotatable bonds is 4. The highest BCUT2D eigenvalue weighted by molar-refractivity contribution is 5.88. The van der Waals surface area contributed by atoms with E-state index in [1.54, 1.807) is 36.8 Å². The van der Waals surface area contributed by atoms with Crippen molar-refractivity contribution in [2.24, 2.45) is 0 Å². The van der Waals surface area contributed by atoms with Gasteiger partial charge in [-0.05, 0) is 69.9 Å². The molecule has 5 rings (SSSR count). The van der Waals surface area contributed by atoms with Crippen molar-refractivity contribution in [1.29, 1.82) is 0 Å². The third-order valence-corrected chi connectivity index (χ3v) is 5.52. The van der Waals surface area contributed by atoms with Crippen molar-refractivity contribution in [2.45, 2.75) is 45.3 Å². The number of ether oxygens (including phenoxy) is 2. The van der Waals surface area contributed by atoms with Crippen LogP contribution in [0.5, 0.6) is 0 Å². The van der Waals surface area contributed by atoms with Gasteiger partial charge in [-0.25, -0.2) is 24.7 Å². The van der Waals surface area contributed by atoms with Gasteiger partial charge in [-0.2, -0.15) is 9.78 Å². The van der Waals surface area contributed by atoms with E-state index in [-0.39, 0.29) is 6.10 Å². The quantitative estimate of drug-likeness (QED) is 0.417. The zero-order chi connectivity index (χ0) is 25.8. The second-order valence-electron chi connectivity index (χ2n) is 9.61. The number of benzene rings is 1. The summed E-state index contributed by atoms with van der Waals surface area (Å²) in [6.07, 6.45) is 6.73. The predicted octanol–water partition coefficient (Wildman–Crippen LogP) is 4.06. The Labute approximate surface area is 214 Å². The molecule has 10 nitrogen and oxygen atoms in total. The highest BCUT2D eigenvalue weighted by atomic mass is 16.6. The first-order valence-corrected chi connectivity index (χ1v) is 12.1. The average molecular weight is 498 g/mol. The number of nitrogens with one attached hydrogen (secondary N) is 1. The SMILES string of the molecule is CC(C)(C)OC(=O)n1ncc2cc(C#Cc3ccnc(-c4ccnc(NC[C@H]5CCCO5)n4)n3)ccc21. The Kier molecular flexibility index (Phi) is 6.79. The van der Waals surface area contributed by atoms with Crippen LogP contribution in [-0.4, -0.2) is 60.7 Å². The molecule has 1 N–H and O–H groups in total. The fraction of sp³-hybridized carbons (Fsp3) is 0.333. The summed E-state index contributed by atoms with van der Waals surface area (Å²) < 4.78 is 12.3. The van der Waals surface area contributed by atoms with Crippen LogP contribution in [0, 0.1) is 11.8 Å². The molecule has 1 fully saturated rings. The van der Waals surface area contributed by atoms with Crippen LogP contribution in [0.1, 0.15) is 44.9 Å². The molecular weight excluding hydrogens is 470 g/mol. The Morgan fingerprint density at radius 2 is 2.03 bits per heavy atom. The van der Waals surface area contributed by atoms with Gasteiger partial charge < -0.3 is 14.8 Å². The molecule has 0 amide bonds. The van der Waals surface area contributed by atoms with Gasteiger partial charge in [0.05, 0.1) is 17.8 Å². The summed E-state index contributed by atoms with van der Waals surface area (Å²) in [6.45, 7) is 6.91. The molecule has 1 aliphatic heterocycles. The number of hydrogen-bond acceptors (Lipinski definition) is 9. The molecule has 1 saturated heterocycles. The van der Waals surface area contributed by atoms with E-state index in [0.29, 0.717) is 35.2 Å². The van der Waals surface area contributed by atoms with E-state index in [2.05, 4.69) is 42.2 Å². The summed E-state index contributed by atoms with van der Waals surface area (Å²) in [4.78, 5) is 30.1. The van der Waals surface area contributed by atoms with Crippen LogP contribution in [0.4, 0.5) is 10.7 Å². The molecular formula is C27H27N7O3. The molecule has 0 unspecified atom stereocenters. The van der Waals surface area contributed by atoms with Crippen LogP contribution in [0.3, 0.4) is 0 Å². The van der Waals surface area contributed by atoms with Gasteiger partial charge in [0.15, 0.2) is 5.82 Å². The molecule has 0 bridgehead atoms. The van der Waals surface area contributed by atoms with E-state index in [1.807, 2.05) is 32.9 Å². The number of carbonyl (C=O) groups is 1. The molecule has 4 heterocycles. The maximum atomic E-state index is 12.4. The number of fused-ring (bicyclic) bond motifs is 1. The smallest absolute Gasteiger partial charge is 0.435 e. The highest BCUT2D eigenvalue weighted by Crippen LogP contribution is 2.18. The van der Waals surface area contributed by atoms with Crippen molar-refractivity contribution in [3.05, 3.63) is 60.2 Å². The molecule has 0 radical (unpaired) electrons. The second kappa shape index (κ2) is 10.3. The average Bonchev–Trinajstić information content (AvgIpc) is 3.55. The summed E-state index contributed by atoms with van der Waals surface area (Å²) >= 11 is 0. The fourth-order valence-corrected chi connectivity index (χ4v) is 3.83. The molecule has 188 valence electrons. The molecule has 1 aromatic carbocycles. The van der Waals surface area contributed by atoms with Gasteiger partial charge in [-0.1, -0.05) is 5.92 Å². The van der Waals surface area contributed by atoms with Crippen molar-refractivity contribution in [2.75, 3.05) is 18.5 Å². The maximum absolute atomic E-state index is 12.4. The van der Waals surface area contributed by atoms with E-state index in [4.69, 9.17) is 9.47 Å². The van der Waals surface area contributed by atoms with E-state index in [9.17, 15) is 4.79 Å². The zero-order valence-electron chi connectivity index (χ0n) is 20.9. The van der Waals surface area contributed by atoms with E-state index in [0.717, 1.165) is 30.4 Å². The van der Waals surface area contributed by atoms with E-state index in [1.165, 1.54) is 4.68 Å². The molecule has 37 heavy (non-hydrogen) atoms. The minimum atomic E-state index is -0.606. The first kappa shape index (κ1) is 24.3. The second-order valence-corrected chi connectivity index (χ2v) is 9.61. The Bertz CT molecular complexity index is 1490. The molecule has 1 atom stereocenters. The molecule has 3 aromatic heterocycles. The van der Waals surface area contributed by atoms with Gasteiger partial charge in [-0.3, -0.25) is 0 Å². The Hall–Kier alpha value is -4.36. The topological polar surface area (TPSA) is 117 Å².